The molecule has 130 valence electrons. The van der Waals surface area contributed by atoms with Gasteiger partial charge >= 0.3 is 0 Å². The van der Waals surface area contributed by atoms with Crippen molar-refractivity contribution in [3.05, 3.63) is 28.5 Å². The molecule has 1 N–H and O–H groups in total. The maximum Gasteiger partial charge on any atom is 0.169 e. The lowest BCUT2D eigenvalue weighted by atomic mass is 10.1. The lowest BCUT2D eigenvalue weighted by molar-refractivity contribution is 0.191. The van der Waals surface area contributed by atoms with Crippen molar-refractivity contribution in [1.82, 2.24) is 14.8 Å². The van der Waals surface area contributed by atoms with E-state index in [4.69, 9.17) is 0 Å². The third kappa shape index (κ3) is 2.25. The van der Waals surface area contributed by atoms with E-state index >= 15 is 0 Å². The molecule has 0 fully saturated rings. The number of aliphatic hydroxyl groups excluding tert-OH is 1. The van der Waals surface area contributed by atoms with E-state index in [1.165, 1.54) is 11.3 Å². The first-order valence-electron chi connectivity index (χ1n) is 7.99. The molecule has 4 heterocycles. The SMILES string of the molecule is Cc1nn(C)c(C)c1N1C=Nc2c(sc3nccc(N(C)C)c23)C1O. The molecular formula is C17H20N6OS. The van der Waals surface area contributed by atoms with Gasteiger partial charge in [0, 0.05) is 27.3 Å². The number of hydrogen-bond acceptors (Lipinski definition) is 7. The fourth-order valence-corrected chi connectivity index (χ4v) is 4.41. The lowest BCUT2D eigenvalue weighted by Gasteiger charge is -2.28. The predicted molar refractivity (Wildman–Crippen MR) is 102 cm³/mol. The van der Waals surface area contributed by atoms with E-state index in [0.717, 1.165) is 43.5 Å². The minimum absolute atomic E-state index is 0.802. The normalized spacial score (nSPS) is 16.6. The number of hydrogen-bond donors (Lipinski definition) is 1. The second-order valence-corrected chi connectivity index (χ2v) is 7.42. The predicted octanol–water partition coefficient (Wildman–Crippen LogP) is 2.88. The quantitative estimate of drug-likeness (QED) is 0.765. The van der Waals surface area contributed by atoms with Gasteiger partial charge in [0.05, 0.1) is 45.1 Å². The highest BCUT2D eigenvalue weighted by molar-refractivity contribution is 7.19. The summed E-state index contributed by atoms with van der Waals surface area (Å²) < 4.78 is 1.82. The average molecular weight is 356 g/mol. The summed E-state index contributed by atoms with van der Waals surface area (Å²) in [5, 5.41) is 16.5. The van der Waals surface area contributed by atoms with Crippen LogP contribution in [0, 0.1) is 13.8 Å². The molecule has 0 aromatic carbocycles. The molecule has 1 aliphatic heterocycles. The summed E-state index contributed by atoms with van der Waals surface area (Å²) in [6, 6.07) is 1.97. The van der Waals surface area contributed by atoms with Crippen LogP contribution in [0.2, 0.25) is 0 Å². The molecule has 1 atom stereocenters. The van der Waals surface area contributed by atoms with E-state index in [9.17, 15) is 5.11 Å². The van der Waals surface area contributed by atoms with Crippen LogP contribution in [0.3, 0.4) is 0 Å². The third-order valence-electron chi connectivity index (χ3n) is 4.59. The smallest absolute Gasteiger partial charge is 0.169 e. The standard InChI is InChI=1S/C17H20N6OS/c1-9-14(10(2)22(5)20-9)23-8-19-13-12-11(21(3)4)6-7-18-16(12)25-15(13)17(23)24/h6-8,17,24H,1-5H3. The van der Waals surface area contributed by atoms with Gasteiger partial charge in [-0.3, -0.25) is 9.58 Å². The van der Waals surface area contributed by atoms with Crippen molar-refractivity contribution in [2.75, 3.05) is 23.9 Å². The number of aliphatic imine (C=N–C) groups is 1. The second kappa shape index (κ2) is 5.53. The Hall–Kier alpha value is -2.45. The molecule has 0 saturated heterocycles. The van der Waals surface area contributed by atoms with Gasteiger partial charge in [-0.15, -0.1) is 11.3 Å². The minimum Gasteiger partial charge on any atom is -0.377 e. The van der Waals surface area contributed by atoms with Gasteiger partial charge in [-0.1, -0.05) is 0 Å². The highest BCUT2D eigenvalue weighted by atomic mass is 32.1. The highest BCUT2D eigenvalue weighted by Crippen LogP contribution is 2.48. The molecule has 0 saturated carbocycles. The molecule has 3 aromatic heterocycles. The molecule has 7 nitrogen and oxygen atoms in total. The summed E-state index contributed by atoms with van der Waals surface area (Å²) in [4.78, 5) is 14.7. The molecule has 0 amide bonds. The lowest BCUT2D eigenvalue weighted by Crippen LogP contribution is -2.29. The number of anilines is 2. The first kappa shape index (κ1) is 16.0. The first-order chi connectivity index (χ1) is 11.9. The van der Waals surface area contributed by atoms with Gasteiger partial charge in [0.15, 0.2) is 6.23 Å². The molecule has 8 heteroatoms. The number of aromatic nitrogens is 3. The van der Waals surface area contributed by atoms with Crippen LogP contribution < -0.4 is 9.80 Å². The van der Waals surface area contributed by atoms with Crippen molar-refractivity contribution < 1.29 is 5.11 Å². The zero-order valence-corrected chi connectivity index (χ0v) is 15.7. The molecule has 1 unspecified atom stereocenters. The number of aliphatic hydroxyl groups is 1. The summed E-state index contributed by atoms with van der Waals surface area (Å²) >= 11 is 1.49. The average Bonchev–Trinajstić information content (AvgIpc) is 3.07. The molecule has 3 aromatic rings. The largest absolute Gasteiger partial charge is 0.377 e. The Balaban J connectivity index is 1.89. The van der Waals surface area contributed by atoms with Crippen molar-refractivity contribution in [3.8, 4) is 0 Å². The van der Waals surface area contributed by atoms with Crippen molar-refractivity contribution in [2.45, 2.75) is 20.1 Å². The van der Waals surface area contributed by atoms with E-state index < -0.39 is 6.23 Å². The van der Waals surface area contributed by atoms with E-state index in [-0.39, 0.29) is 0 Å². The van der Waals surface area contributed by atoms with Gasteiger partial charge in [0.1, 0.15) is 4.83 Å². The Morgan fingerprint density at radius 3 is 2.68 bits per heavy atom. The molecule has 25 heavy (non-hydrogen) atoms. The van der Waals surface area contributed by atoms with Crippen molar-refractivity contribution in [2.24, 2.45) is 12.0 Å². The molecule has 0 spiro atoms. The number of fused-ring (bicyclic) bond motifs is 3. The Morgan fingerprint density at radius 2 is 2.04 bits per heavy atom. The van der Waals surface area contributed by atoms with Crippen LogP contribution in [0.5, 0.6) is 0 Å². The molecule has 1 aliphatic rings. The van der Waals surface area contributed by atoms with Crippen LogP contribution in [0.4, 0.5) is 17.1 Å². The molecule has 0 aliphatic carbocycles. The molecule has 4 rings (SSSR count). The van der Waals surface area contributed by atoms with Gasteiger partial charge in [-0.25, -0.2) is 9.98 Å². The van der Waals surface area contributed by atoms with Gasteiger partial charge < -0.3 is 10.0 Å². The van der Waals surface area contributed by atoms with E-state index in [0.29, 0.717) is 0 Å². The fraction of sp³-hybridized carbons (Fsp3) is 0.353. The number of nitrogens with zero attached hydrogens (tertiary/aromatic N) is 6. The number of aryl methyl sites for hydroxylation is 2. The summed E-state index contributed by atoms with van der Waals surface area (Å²) in [6.07, 6.45) is 2.69. The van der Waals surface area contributed by atoms with Crippen molar-refractivity contribution >= 4 is 45.0 Å². The van der Waals surface area contributed by atoms with Crippen molar-refractivity contribution in [3.63, 3.8) is 0 Å². The Morgan fingerprint density at radius 1 is 1.28 bits per heavy atom. The molecular weight excluding hydrogens is 336 g/mol. The van der Waals surface area contributed by atoms with E-state index in [1.54, 1.807) is 17.4 Å². The van der Waals surface area contributed by atoms with Crippen molar-refractivity contribution in [1.29, 1.82) is 0 Å². The summed E-state index contributed by atoms with van der Waals surface area (Å²) in [5.74, 6) is 0. The van der Waals surface area contributed by atoms with Gasteiger partial charge in [0.25, 0.3) is 0 Å². The highest BCUT2D eigenvalue weighted by Gasteiger charge is 2.31. The van der Waals surface area contributed by atoms with Crippen LogP contribution in [0.15, 0.2) is 17.3 Å². The monoisotopic (exact) mass is 356 g/mol. The van der Waals surface area contributed by atoms with Gasteiger partial charge in [-0.2, -0.15) is 5.10 Å². The number of rotatable bonds is 2. The van der Waals surface area contributed by atoms with Gasteiger partial charge in [0.2, 0.25) is 0 Å². The minimum atomic E-state index is -0.802. The Labute approximate surface area is 149 Å². The Bertz CT molecular complexity index is 1000. The zero-order chi connectivity index (χ0) is 17.9. The first-order valence-corrected chi connectivity index (χ1v) is 8.81. The zero-order valence-electron chi connectivity index (χ0n) is 14.8. The molecule has 0 bridgehead atoms. The maximum absolute atomic E-state index is 11.0. The fourth-order valence-electron chi connectivity index (χ4n) is 3.31. The number of thiophene rings is 1. The summed E-state index contributed by atoms with van der Waals surface area (Å²) in [7, 11) is 5.89. The van der Waals surface area contributed by atoms with E-state index in [1.807, 2.05) is 50.6 Å². The molecule has 0 radical (unpaired) electrons. The summed E-state index contributed by atoms with van der Waals surface area (Å²) in [5.41, 5.74) is 4.60. The number of pyridine rings is 1. The van der Waals surface area contributed by atoms with Crippen LogP contribution in [0.25, 0.3) is 10.2 Å². The summed E-state index contributed by atoms with van der Waals surface area (Å²) in [6.45, 7) is 3.93. The Kier molecular flexibility index (Phi) is 3.55. The van der Waals surface area contributed by atoms with E-state index in [2.05, 4.69) is 15.1 Å². The van der Waals surface area contributed by atoms with Crippen LogP contribution in [0.1, 0.15) is 22.5 Å². The van der Waals surface area contributed by atoms with Crippen LogP contribution in [-0.2, 0) is 7.05 Å². The van der Waals surface area contributed by atoms with Gasteiger partial charge in [-0.05, 0) is 19.9 Å². The van der Waals surface area contributed by atoms with Crippen LogP contribution in [-0.4, -0.2) is 40.3 Å². The topological polar surface area (TPSA) is 69.8 Å². The third-order valence-corrected chi connectivity index (χ3v) is 5.72. The second-order valence-electron chi connectivity index (χ2n) is 6.39. The maximum atomic E-state index is 11.0. The van der Waals surface area contributed by atoms with Crippen LogP contribution >= 0.6 is 11.3 Å².